The third-order valence-electron chi connectivity index (χ3n) is 3.49. The van der Waals surface area contributed by atoms with E-state index < -0.39 is 11.7 Å². The summed E-state index contributed by atoms with van der Waals surface area (Å²) >= 11 is 0. The predicted molar refractivity (Wildman–Crippen MR) is 80.5 cm³/mol. The van der Waals surface area contributed by atoms with E-state index in [0.717, 1.165) is 17.1 Å². The molecule has 0 bridgehead atoms. The van der Waals surface area contributed by atoms with E-state index in [2.05, 4.69) is 10.3 Å². The number of aryl methyl sites for hydroxylation is 1. The van der Waals surface area contributed by atoms with Gasteiger partial charge in [0.05, 0.1) is 23.5 Å². The topological polar surface area (TPSA) is 62.3 Å². The quantitative estimate of drug-likeness (QED) is 0.876. The van der Waals surface area contributed by atoms with E-state index in [4.69, 9.17) is 0 Å². The van der Waals surface area contributed by atoms with Crippen molar-refractivity contribution < 1.29 is 9.59 Å². The summed E-state index contributed by atoms with van der Waals surface area (Å²) in [6, 6.07) is 11.3. The number of carbonyl (C=O) groups excluding carboxylic acids is 2. The Labute approximate surface area is 122 Å². The Morgan fingerprint density at radius 1 is 1.19 bits per heavy atom. The van der Waals surface area contributed by atoms with E-state index in [-0.39, 0.29) is 0 Å². The summed E-state index contributed by atoms with van der Waals surface area (Å²) < 4.78 is 0. The number of nitrogens with one attached hydrogen (secondary N) is 1. The normalized spacial score (nSPS) is 13.0. The molecule has 1 N–H and O–H groups in total. The van der Waals surface area contributed by atoms with Gasteiger partial charge in [0.25, 0.3) is 11.7 Å². The van der Waals surface area contributed by atoms with Crippen LogP contribution in [0.25, 0.3) is 0 Å². The van der Waals surface area contributed by atoms with Crippen molar-refractivity contribution in [2.45, 2.75) is 13.5 Å². The number of aromatic nitrogens is 1. The number of carbonyl (C=O) groups is 2. The molecule has 106 valence electrons. The summed E-state index contributed by atoms with van der Waals surface area (Å²) in [4.78, 5) is 29.4. The van der Waals surface area contributed by atoms with Gasteiger partial charge in [-0.2, -0.15) is 0 Å². The number of fused-ring (bicyclic) bond motifs is 1. The zero-order valence-electron chi connectivity index (χ0n) is 11.9. The molecule has 1 aromatic heterocycles. The number of nitrogens with zero attached hydrogens (tertiary/aromatic N) is 2. The monoisotopic (exact) mass is 281 g/mol. The summed E-state index contributed by atoms with van der Waals surface area (Å²) in [5, 5.41) is 2.58. The van der Waals surface area contributed by atoms with Crippen LogP contribution in [0.4, 0.5) is 11.4 Å². The number of rotatable bonds is 3. The lowest BCUT2D eigenvalue weighted by Gasteiger charge is -2.19. The van der Waals surface area contributed by atoms with Crippen molar-refractivity contribution in [2.75, 3.05) is 17.3 Å². The van der Waals surface area contributed by atoms with Gasteiger partial charge >= 0.3 is 0 Å². The van der Waals surface area contributed by atoms with Crippen LogP contribution in [0.3, 0.4) is 0 Å². The SMILES string of the molecule is Cc1cccc(CN(C)c2ccc3c(c2)NC(=O)C3=O)n1. The highest BCUT2D eigenvalue weighted by atomic mass is 16.2. The number of hydrogen-bond acceptors (Lipinski definition) is 4. The molecule has 2 aromatic rings. The van der Waals surface area contributed by atoms with Gasteiger partial charge in [-0.25, -0.2) is 0 Å². The number of anilines is 2. The highest BCUT2D eigenvalue weighted by molar-refractivity contribution is 6.51. The number of ketones is 1. The average Bonchev–Trinajstić information content (AvgIpc) is 2.73. The van der Waals surface area contributed by atoms with Gasteiger partial charge in [0.1, 0.15) is 0 Å². The molecule has 1 aromatic carbocycles. The largest absolute Gasteiger partial charge is 0.369 e. The average molecular weight is 281 g/mol. The Morgan fingerprint density at radius 3 is 2.76 bits per heavy atom. The fourth-order valence-corrected chi connectivity index (χ4v) is 2.39. The van der Waals surface area contributed by atoms with Crippen molar-refractivity contribution in [1.29, 1.82) is 0 Å². The zero-order chi connectivity index (χ0) is 15.0. The van der Waals surface area contributed by atoms with Gasteiger partial charge in [0.2, 0.25) is 0 Å². The smallest absolute Gasteiger partial charge is 0.296 e. The molecule has 1 amide bonds. The van der Waals surface area contributed by atoms with Crippen molar-refractivity contribution in [1.82, 2.24) is 4.98 Å². The molecule has 2 heterocycles. The van der Waals surface area contributed by atoms with Crippen molar-refractivity contribution in [3.63, 3.8) is 0 Å². The van der Waals surface area contributed by atoms with Gasteiger partial charge in [-0.05, 0) is 37.3 Å². The second-order valence-corrected chi connectivity index (χ2v) is 5.14. The van der Waals surface area contributed by atoms with Gasteiger partial charge in [-0.15, -0.1) is 0 Å². The summed E-state index contributed by atoms with van der Waals surface area (Å²) in [6.45, 7) is 2.61. The lowest BCUT2D eigenvalue weighted by molar-refractivity contribution is -0.112. The molecular formula is C16H15N3O2. The molecule has 0 aliphatic carbocycles. The first-order chi connectivity index (χ1) is 10.0. The number of benzene rings is 1. The highest BCUT2D eigenvalue weighted by Crippen LogP contribution is 2.28. The van der Waals surface area contributed by atoms with Gasteiger partial charge in [-0.3, -0.25) is 14.6 Å². The summed E-state index contributed by atoms with van der Waals surface area (Å²) in [5.74, 6) is -1.04. The maximum absolute atomic E-state index is 11.6. The van der Waals surface area contributed by atoms with E-state index in [9.17, 15) is 9.59 Å². The fraction of sp³-hybridized carbons (Fsp3) is 0.188. The minimum absolute atomic E-state index is 0.436. The minimum Gasteiger partial charge on any atom is -0.369 e. The van der Waals surface area contributed by atoms with Gasteiger partial charge in [-0.1, -0.05) is 6.07 Å². The lowest BCUT2D eigenvalue weighted by Crippen LogP contribution is -2.17. The number of amides is 1. The Hall–Kier alpha value is -2.69. The molecule has 0 atom stereocenters. The van der Waals surface area contributed by atoms with Crippen LogP contribution in [-0.2, 0) is 11.3 Å². The van der Waals surface area contributed by atoms with Crippen LogP contribution in [0, 0.1) is 6.92 Å². The van der Waals surface area contributed by atoms with Crippen LogP contribution >= 0.6 is 0 Å². The van der Waals surface area contributed by atoms with Gasteiger partial charge < -0.3 is 10.2 Å². The molecular weight excluding hydrogens is 266 g/mol. The molecule has 5 nitrogen and oxygen atoms in total. The molecule has 5 heteroatoms. The first-order valence-corrected chi connectivity index (χ1v) is 6.68. The van der Waals surface area contributed by atoms with Crippen LogP contribution in [0.5, 0.6) is 0 Å². The third kappa shape index (κ3) is 2.50. The summed E-state index contributed by atoms with van der Waals surface area (Å²) in [6.07, 6.45) is 0. The molecule has 0 saturated heterocycles. The van der Waals surface area contributed by atoms with E-state index in [1.807, 2.05) is 49.2 Å². The molecule has 0 saturated carbocycles. The number of pyridine rings is 1. The maximum Gasteiger partial charge on any atom is 0.296 e. The Kier molecular flexibility index (Phi) is 3.17. The maximum atomic E-state index is 11.6. The van der Waals surface area contributed by atoms with E-state index in [0.29, 0.717) is 17.8 Å². The molecule has 1 aliphatic rings. The first kappa shape index (κ1) is 13.3. The summed E-state index contributed by atoms with van der Waals surface area (Å²) in [5.41, 5.74) is 3.88. The highest BCUT2D eigenvalue weighted by Gasteiger charge is 2.28. The molecule has 1 aliphatic heterocycles. The molecule has 0 unspecified atom stereocenters. The van der Waals surface area contributed by atoms with Crippen molar-refractivity contribution in [3.8, 4) is 0 Å². The predicted octanol–water partition coefficient (Wildman–Crippen LogP) is 2.16. The van der Waals surface area contributed by atoms with E-state index in [1.165, 1.54) is 0 Å². The molecule has 21 heavy (non-hydrogen) atoms. The molecule has 3 rings (SSSR count). The van der Waals surface area contributed by atoms with Crippen molar-refractivity contribution in [2.24, 2.45) is 0 Å². The Morgan fingerprint density at radius 2 is 2.00 bits per heavy atom. The standard InChI is InChI=1S/C16H15N3O2/c1-10-4-3-5-11(17-10)9-19(2)12-6-7-13-14(8-12)18-16(21)15(13)20/h3-8H,9H2,1-2H3,(H,18,20,21). The van der Waals surface area contributed by atoms with Crippen LogP contribution < -0.4 is 10.2 Å². The summed E-state index contributed by atoms with van der Waals surface area (Å²) in [7, 11) is 1.95. The second kappa shape index (κ2) is 5.01. The van der Waals surface area contributed by atoms with E-state index in [1.54, 1.807) is 6.07 Å². The molecule has 0 radical (unpaired) electrons. The fourth-order valence-electron chi connectivity index (χ4n) is 2.39. The Bertz CT molecular complexity index is 740. The van der Waals surface area contributed by atoms with Crippen molar-refractivity contribution >= 4 is 23.1 Å². The number of hydrogen-bond donors (Lipinski definition) is 1. The minimum atomic E-state index is -0.565. The van der Waals surface area contributed by atoms with Crippen LogP contribution in [0.15, 0.2) is 36.4 Å². The van der Waals surface area contributed by atoms with Crippen molar-refractivity contribution in [3.05, 3.63) is 53.3 Å². The lowest BCUT2D eigenvalue weighted by atomic mass is 10.1. The van der Waals surface area contributed by atoms with Gasteiger partial charge in [0, 0.05) is 18.4 Å². The van der Waals surface area contributed by atoms with E-state index >= 15 is 0 Å². The second-order valence-electron chi connectivity index (χ2n) is 5.14. The van der Waals surface area contributed by atoms with Crippen LogP contribution in [-0.4, -0.2) is 23.7 Å². The molecule has 0 spiro atoms. The third-order valence-corrected chi connectivity index (χ3v) is 3.49. The Balaban J connectivity index is 1.83. The van der Waals surface area contributed by atoms with Gasteiger partial charge in [0.15, 0.2) is 0 Å². The molecule has 0 fully saturated rings. The van der Waals surface area contributed by atoms with Crippen LogP contribution in [0.1, 0.15) is 21.7 Å². The first-order valence-electron chi connectivity index (χ1n) is 6.68. The number of Topliss-reactive ketones (excluding diaryl/α,β-unsaturated/α-hetero) is 1. The van der Waals surface area contributed by atoms with Crippen LogP contribution in [0.2, 0.25) is 0 Å². The zero-order valence-corrected chi connectivity index (χ0v) is 11.9.